The van der Waals surface area contributed by atoms with Gasteiger partial charge < -0.3 is 5.32 Å². The van der Waals surface area contributed by atoms with E-state index in [4.69, 9.17) is 0 Å². The predicted octanol–water partition coefficient (Wildman–Crippen LogP) is 3.26. The zero-order chi connectivity index (χ0) is 10.8. The van der Waals surface area contributed by atoms with E-state index < -0.39 is 0 Å². The summed E-state index contributed by atoms with van der Waals surface area (Å²) < 4.78 is 14.0. The van der Waals surface area contributed by atoms with Crippen LogP contribution in [0.25, 0.3) is 0 Å². The molecule has 0 aliphatic carbocycles. The molecule has 0 amide bonds. The van der Waals surface area contributed by atoms with Gasteiger partial charge in [0, 0.05) is 11.6 Å². The minimum Gasteiger partial charge on any atom is -0.310 e. The van der Waals surface area contributed by atoms with Crippen LogP contribution in [0.1, 0.15) is 42.0 Å². The van der Waals surface area contributed by atoms with Crippen LogP contribution in [0.15, 0.2) is 12.1 Å². The van der Waals surface area contributed by atoms with Crippen molar-refractivity contribution in [2.75, 3.05) is 6.54 Å². The smallest absolute Gasteiger partial charge is 0.131 e. The van der Waals surface area contributed by atoms with Crippen molar-refractivity contribution in [3.05, 3.63) is 34.6 Å². The molecule has 0 bridgehead atoms. The van der Waals surface area contributed by atoms with Gasteiger partial charge >= 0.3 is 0 Å². The molecule has 0 saturated carbocycles. The standard InChI is InChI=1S/C13H18FN/c1-9-6-7-10(2)13(14)12(9)11-5-3-4-8-15-11/h6-7,11,15H,3-5,8H2,1-2H3. The van der Waals surface area contributed by atoms with Gasteiger partial charge in [0.2, 0.25) is 0 Å². The average Bonchev–Trinajstić information content (AvgIpc) is 2.26. The molecule has 1 unspecified atom stereocenters. The lowest BCUT2D eigenvalue weighted by molar-refractivity contribution is 0.397. The first-order valence-electron chi connectivity index (χ1n) is 5.69. The van der Waals surface area contributed by atoms with Crippen LogP contribution in [0.4, 0.5) is 4.39 Å². The Morgan fingerprint density at radius 1 is 1.20 bits per heavy atom. The molecule has 1 aromatic rings. The number of hydrogen-bond donors (Lipinski definition) is 1. The summed E-state index contributed by atoms with van der Waals surface area (Å²) in [4.78, 5) is 0. The number of hydrogen-bond acceptors (Lipinski definition) is 1. The molecule has 82 valence electrons. The molecule has 1 nitrogen and oxygen atoms in total. The third kappa shape index (κ3) is 2.05. The van der Waals surface area contributed by atoms with Crippen LogP contribution < -0.4 is 5.32 Å². The number of halogens is 1. The van der Waals surface area contributed by atoms with Crippen LogP contribution in [0.2, 0.25) is 0 Å². The van der Waals surface area contributed by atoms with Crippen molar-refractivity contribution in [1.82, 2.24) is 5.32 Å². The Hall–Kier alpha value is -0.890. The van der Waals surface area contributed by atoms with Gasteiger partial charge in [0.1, 0.15) is 5.82 Å². The zero-order valence-corrected chi connectivity index (χ0v) is 9.44. The zero-order valence-electron chi connectivity index (χ0n) is 9.44. The van der Waals surface area contributed by atoms with Gasteiger partial charge in [-0.05, 0) is 44.4 Å². The van der Waals surface area contributed by atoms with E-state index in [1.807, 2.05) is 26.0 Å². The van der Waals surface area contributed by atoms with Crippen molar-refractivity contribution >= 4 is 0 Å². The lowest BCUT2D eigenvalue weighted by Gasteiger charge is -2.26. The minimum absolute atomic E-state index is 0.0191. The van der Waals surface area contributed by atoms with E-state index in [0.717, 1.165) is 29.7 Å². The van der Waals surface area contributed by atoms with E-state index in [0.29, 0.717) is 0 Å². The van der Waals surface area contributed by atoms with E-state index >= 15 is 0 Å². The van der Waals surface area contributed by atoms with Crippen molar-refractivity contribution in [3.63, 3.8) is 0 Å². The summed E-state index contributed by atoms with van der Waals surface area (Å²) in [6.45, 7) is 4.84. The molecule has 15 heavy (non-hydrogen) atoms. The Labute approximate surface area is 90.7 Å². The highest BCUT2D eigenvalue weighted by molar-refractivity contribution is 5.35. The molecule has 1 aliphatic rings. The molecular weight excluding hydrogens is 189 g/mol. The predicted molar refractivity (Wildman–Crippen MR) is 60.5 cm³/mol. The summed E-state index contributed by atoms with van der Waals surface area (Å²) in [6, 6.07) is 4.10. The van der Waals surface area contributed by atoms with Gasteiger partial charge in [0.05, 0.1) is 0 Å². The molecule has 0 spiro atoms. The first-order valence-corrected chi connectivity index (χ1v) is 5.69. The van der Waals surface area contributed by atoms with Gasteiger partial charge in [-0.1, -0.05) is 18.6 Å². The summed E-state index contributed by atoms with van der Waals surface area (Å²) in [7, 11) is 0. The monoisotopic (exact) mass is 207 g/mol. The summed E-state index contributed by atoms with van der Waals surface area (Å²) in [6.07, 6.45) is 3.47. The molecule has 2 heteroatoms. The molecule has 2 rings (SSSR count). The summed E-state index contributed by atoms with van der Waals surface area (Å²) in [5, 5.41) is 3.40. The van der Waals surface area contributed by atoms with E-state index in [1.165, 1.54) is 12.8 Å². The molecule has 0 aromatic heterocycles. The molecule has 0 radical (unpaired) electrons. The number of nitrogens with one attached hydrogen (secondary N) is 1. The lowest BCUT2D eigenvalue weighted by atomic mass is 9.92. The number of benzene rings is 1. The second-order valence-electron chi connectivity index (χ2n) is 4.43. The quantitative estimate of drug-likeness (QED) is 0.745. The topological polar surface area (TPSA) is 12.0 Å². The molecule has 1 saturated heterocycles. The minimum atomic E-state index is -0.0191. The van der Waals surface area contributed by atoms with Crippen molar-refractivity contribution in [1.29, 1.82) is 0 Å². The molecule has 1 atom stereocenters. The van der Waals surface area contributed by atoms with E-state index in [2.05, 4.69) is 5.32 Å². The number of piperidine rings is 1. The van der Waals surface area contributed by atoms with Crippen molar-refractivity contribution in [2.24, 2.45) is 0 Å². The fourth-order valence-electron chi connectivity index (χ4n) is 2.32. The van der Waals surface area contributed by atoms with Crippen LogP contribution in [0, 0.1) is 19.7 Å². The van der Waals surface area contributed by atoms with Crippen LogP contribution in [-0.2, 0) is 0 Å². The molecule has 1 N–H and O–H groups in total. The lowest BCUT2D eigenvalue weighted by Crippen LogP contribution is -2.28. The maximum Gasteiger partial charge on any atom is 0.131 e. The fourth-order valence-corrected chi connectivity index (χ4v) is 2.32. The highest BCUT2D eigenvalue weighted by Crippen LogP contribution is 2.29. The van der Waals surface area contributed by atoms with Gasteiger partial charge in [-0.2, -0.15) is 0 Å². The fraction of sp³-hybridized carbons (Fsp3) is 0.538. The van der Waals surface area contributed by atoms with Gasteiger partial charge in [-0.25, -0.2) is 4.39 Å². The van der Waals surface area contributed by atoms with E-state index in [1.54, 1.807) is 0 Å². The largest absolute Gasteiger partial charge is 0.310 e. The SMILES string of the molecule is Cc1ccc(C)c(C2CCCCN2)c1F. The first kappa shape index (κ1) is 10.6. The first-order chi connectivity index (χ1) is 7.20. The second kappa shape index (κ2) is 4.31. The Bertz CT molecular complexity index is 354. The highest BCUT2D eigenvalue weighted by atomic mass is 19.1. The van der Waals surface area contributed by atoms with Gasteiger partial charge in [0.25, 0.3) is 0 Å². The van der Waals surface area contributed by atoms with E-state index in [9.17, 15) is 4.39 Å². The maximum atomic E-state index is 14.0. The van der Waals surface area contributed by atoms with Crippen LogP contribution in [0.5, 0.6) is 0 Å². The third-order valence-corrected chi connectivity index (χ3v) is 3.25. The molecule has 1 fully saturated rings. The number of aryl methyl sites for hydroxylation is 2. The summed E-state index contributed by atoms with van der Waals surface area (Å²) >= 11 is 0. The van der Waals surface area contributed by atoms with Crippen molar-refractivity contribution < 1.29 is 4.39 Å². The normalized spacial score (nSPS) is 21.7. The van der Waals surface area contributed by atoms with Gasteiger partial charge in [0.15, 0.2) is 0 Å². The van der Waals surface area contributed by atoms with E-state index in [-0.39, 0.29) is 11.9 Å². The van der Waals surface area contributed by atoms with Crippen molar-refractivity contribution in [2.45, 2.75) is 39.2 Å². The average molecular weight is 207 g/mol. The van der Waals surface area contributed by atoms with Gasteiger partial charge in [-0.3, -0.25) is 0 Å². The molecular formula is C13H18FN. The van der Waals surface area contributed by atoms with Crippen molar-refractivity contribution in [3.8, 4) is 0 Å². The van der Waals surface area contributed by atoms with Crippen LogP contribution in [0.3, 0.4) is 0 Å². The second-order valence-corrected chi connectivity index (χ2v) is 4.43. The molecule has 1 aliphatic heterocycles. The summed E-state index contributed by atoms with van der Waals surface area (Å²) in [5.41, 5.74) is 2.70. The Morgan fingerprint density at radius 3 is 2.60 bits per heavy atom. The Balaban J connectivity index is 2.36. The Morgan fingerprint density at radius 2 is 1.93 bits per heavy atom. The van der Waals surface area contributed by atoms with Gasteiger partial charge in [-0.15, -0.1) is 0 Å². The number of rotatable bonds is 1. The maximum absolute atomic E-state index is 14.0. The molecule has 1 heterocycles. The van der Waals surface area contributed by atoms with Crippen LogP contribution in [-0.4, -0.2) is 6.54 Å². The summed E-state index contributed by atoms with van der Waals surface area (Å²) in [5.74, 6) is -0.0191. The Kier molecular flexibility index (Phi) is 3.06. The third-order valence-electron chi connectivity index (χ3n) is 3.25. The van der Waals surface area contributed by atoms with Crippen LogP contribution >= 0.6 is 0 Å². The highest BCUT2D eigenvalue weighted by Gasteiger charge is 2.20. The molecule has 1 aromatic carbocycles.